The molecule has 0 aliphatic carbocycles. The van der Waals surface area contributed by atoms with E-state index in [1.807, 2.05) is 6.07 Å². The van der Waals surface area contributed by atoms with Gasteiger partial charge in [-0.05, 0) is 45.0 Å². The monoisotopic (exact) mass is 546 g/mol. The molecular weight excluding hydrogens is 529 g/mol. The third-order valence-corrected chi connectivity index (χ3v) is 9.16. The minimum Gasteiger partial charge on any atom is -0.375 e. The van der Waals surface area contributed by atoms with Crippen molar-refractivity contribution in [2.24, 2.45) is 0 Å². The van der Waals surface area contributed by atoms with E-state index < -0.39 is 40.9 Å². The van der Waals surface area contributed by atoms with Crippen molar-refractivity contribution in [2.75, 3.05) is 5.32 Å². The molecule has 0 radical (unpaired) electrons. The van der Waals surface area contributed by atoms with E-state index in [-0.39, 0.29) is 16.7 Å². The summed E-state index contributed by atoms with van der Waals surface area (Å²) in [5.74, 6) is -0.876. The number of nitrogens with zero attached hydrogens (tertiary/aromatic N) is 3. The summed E-state index contributed by atoms with van der Waals surface area (Å²) in [5.41, 5.74) is -2.87. The normalized spacial score (nSPS) is 13.3. The summed E-state index contributed by atoms with van der Waals surface area (Å²) in [7, 11) is -10.5. The van der Waals surface area contributed by atoms with Gasteiger partial charge in [0.15, 0.2) is 15.6 Å². The standard InChI is InChI=1S/C20H17F3N4O5S3/c1-19(2,3)34(28,29)17-7-12-13(8-15(17)32-35(30,31)20(21,22)23)24-9-25-18(12)27-11-4-5-16-14(6-11)26-10-33-16/h4-10H,1-3H3,(H,24,25,27). The van der Waals surface area contributed by atoms with E-state index in [4.69, 9.17) is 0 Å². The topological polar surface area (TPSA) is 128 Å². The summed E-state index contributed by atoms with van der Waals surface area (Å²) in [6, 6.07) is 7.13. The number of benzene rings is 2. The third-order valence-electron chi connectivity index (χ3n) is 4.87. The zero-order valence-electron chi connectivity index (χ0n) is 18.3. The Bertz CT molecular complexity index is 1660. The maximum atomic E-state index is 13.2. The number of fused-ring (bicyclic) bond motifs is 2. The van der Waals surface area contributed by atoms with Gasteiger partial charge in [0.05, 0.1) is 26.0 Å². The van der Waals surface area contributed by atoms with Crippen LogP contribution in [0.25, 0.3) is 21.1 Å². The second-order valence-electron chi connectivity index (χ2n) is 8.30. The van der Waals surface area contributed by atoms with Crippen LogP contribution in [-0.2, 0) is 20.0 Å². The Labute approximate surface area is 202 Å². The second-order valence-corrected chi connectivity index (χ2v) is 13.4. The summed E-state index contributed by atoms with van der Waals surface area (Å²) < 4.78 is 92.5. The Morgan fingerprint density at radius 2 is 1.66 bits per heavy atom. The lowest BCUT2D eigenvalue weighted by Gasteiger charge is -2.22. The number of alkyl halides is 3. The molecule has 4 rings (SSSR count). The van der Waals surface area contributed by atoms with E-state index in [1.54, 1.807) is 17.6 Å². The number of halogens is 3. The first-order valence-electron chi connectivity index (χ1n) is 9.74. The van der Waals surface area contributed by atoms with Gasteiger partial charge in [0.25, 0.3) is 0 Å². The largest absolute Gasteiger partial charge is 0.534 e. The van der Waals surface area contributed by atoms with Gasteiger partial charge in [0.1, 0.15) is 17.0 Å². The molecular formula is C20H17F3N4O5S3. The first kappa shape index (κ1) is 25.1. The van der Waals surface area contributed by atoms with Crippen LogP contribution in [0.1, 0.15) is 20.8 Å². The highest BCUT2D eigenvalue weighted by Gasteiger charge is 2.49. The summed E-state index contributed by atoms with van der Waals surface area (Å²) >= 11 is 1.45. The molecule has 0 atom stereocenters. The van der Waals surface area contributed by atoms with Crippen LogP contribution in [0.15, 0.2) is 47.1 Å². The minimum absolute atomic E-state index is 0.0440. The highest BCUT2D eigenvalue weighted by Crippen LogP contribution is 2.39. The second kappa shape index (κ2) is 8.27. The number of aromatic nitrogens is 3. The smallest absolute Gasteiger partial charge is 0.375 e. The Hall–Kier alpha value is -3.04. The molecule has 35 heavy (non-hydrogen) atoms. The first-order valence-corrected chi connectivity index (χ1v) is 13.5. The van der Waals surface area contributed by atoms with E-state index >= 15 is 0 Å². The van der Waals surface area contributed by atoms with Crippen molar-refractivity contribution in [1.82, 2.24) is 15.0 Å². The van der Waals surface area contributed by atoms with Crippen LogP contribution in [0.2, 0.25) is 0 Å². The van der Waals surface area contributed by atoms with Crippen LogP contribution in [0.3, 0.4) is 0 Å². The van der Waals surface area contributed by atoms with E-state index in [0.717, 1.165) is 23.2 Å². The van der Waals surface area contributed by atoms with Crippen molar-refractivity contribution < 1.29 is 34.2 Å². The van der Waals surface area contributed by atoms with Gasteiger partial charge < -0.3 is 9.50 Å². The van der Waals surface area contributed by atoms with E-state index in [0.29, 0.717) is 11.2 Å². The van der Waals surface area contributed by atoms with Gasteiger partial charge >= 0.3 is 15.6 Å². The van der Waals surface area contributed by atoms with Crippen molar-refractivity contribution in [3.05, 3.63) is 42.2 Å². The minimum atomic E-state index is -6.15. The van der Waals surface area contributed by atoms with Gasteiger partial charge in [-0.3, -0.25) is 0 Å². The fourth-order valence-electron chi connectivity index (χ4n) is 3.01. The van der Waals surface area contributed by atoms with Crippen LogP contribution >= 0.6 is 11.3 Å². The van der Waals surface area contributed by atoms with E-state index in [9.17, 15) is 30.0 Å². The van der Waals surface area contributed by atoms with Gasteiger partial charge in [-0.15, -0.1) is 11.3 Å². The lowest BCUT2D eigenvalue weighted by molar-refractivity contribution is -0.0500. The first-order chi connectivity index (χ1) is 16.1. The number of hydrogen-bond donors (Lipinski definition) is 1. The average Bonchev–Trinajstić information content (AvgIpc) is 3.19. The summed E-state index contributed by atoms with van der Waals surface area (Å²) in [5, 5.41) is 3.13. The van der Waals surface area contributed by atoms with Crippen LogP contribution in [0, 0.1) is 0 Å². The molecule has 4 aromatic rings. The summed E-state index contributed by atoms with van der Waals surface area (Å²) in [4.78, 5) is 11.5. The molecule has 0 bridgehead atoms. The van der Waals surface area contributed by atoms with Crippen molar-refractivity contribution in [1.29, 1.82) is 0 Å². The molecule has 186 valence electrons. The third kappa shape index (κ3) is 4.62. The molecule has 0 unspecified atom stereocenters. The SMILES string of the molecule is CC(C)(C)S(=O)(=O)c1cc2c(Nc3ccc4scnc4c3)ncnc2cc1OS(=O)(=O)C(F)(F)F. The molecule has 1 N–H and O–H groups in total. The molecule has 0 aliphatic heterocycles. The Kier molecular flexibility index (Phi) is 5.92. The fourth-order valence-corrected chi connectivity index (χ4v) is 5.48. The van der Waals surface area contributed by atoms with Crippen LogP contribution < -0.4 is 9.50 Å². The molecule has 0 saturated carbocycles. The Balaban J connectivity index is 1.92. The quantitative estimate of drug-likeness (QED) is 0.278. The highest BCUT2D eigenvalue weighted by molar-refractivity contribution is 7.93. The van der Waals surface area contributed by atoms with Crippen molar-refractivity contribution >= 4 is 63.9 Å². The Morgan fingerprint density at radius 1 is 0.943 bits per heavy atom. The van der Waals surface area contributed by atoms with Gasteiger partial charge in [-0.25, -0.2) is 23.4 Å². The van der Waals surface area contributed by atoms with Gasteiger partial charge in [0, 0.05) is 17.1 Å². The molecule has 2 aromatic heterocycles. The highest BCUT2D eigenvalue weighted by atomic mass is 32.2. The number of hydrogen-bond acceptors (Lipinski definition) is 10. The van der Waals surface area contributed by atoms with Crippen molar-refractivity contribution in [2.45, 2.75) is 35.9 Å². The van der Waals surface area contributed by atoms with Gasteiger partial charge in [-0.2, -0.15) is 21.6 Å². The molecule has 2 heterocycles. The van der Waals surface area contributed by atoms with Gasteiger partial charge in [0.2, 0.25) is 0 Å². The number of thiazole rings is 1. The molecule has 0 fully saturated rings. The number of nitrogens with one attached hydrogen (secondary N) is 1. The van der Waals surface area contributed by atoms with Crippen LogP contribution in [-0.4, -0.2) is 42.0 Å². The van der Waals surface area contributed by atoms with Crippen LogP contribution in [0.5, 0.6) is 5.75 Å². The zero-order valence-corrected chi connectivity index (χ0v) is 20.7. The number of rotatable bonds is 5. The molecule has 0 amide bonds. The molecule has 9 nitrogen and oxygen atoms in total. The van der Waals surface area contributed by atoms with Crippen molar-refractivity contribution in [3.63, 3.8) is 0 Å². The molecule has 0 aliphatic rings. The molecule has 0 spiro atoms. The average molecular weight is 547 g/mol. The predicted molar refractivity (Wildman–Crippen MR) is 125 cm³/mol. The summed E-state index contributed by atoms with van der Waals surface area (Å²) in [6.07, 6.45) is 1.09. The number of anilines is 2. The fraction of sp³-hybridized carbons (Fsp3) is 0.250. The molecule has 15 heteroatoms. The lowest BCUT2D eigenvalue weighted by atomic mass is 10.2. The molecule has 0 saturated heterocycles. The van der Waals surface area contributed by atoms with E-state index in [2.05, 4.69) is 24.5 Å². The summed E-state index contributed by atoms with van der Waals surface area (Å²) in [6.45, 7) is 3.95. The van der Waals surface area contributed by atoms with Gasteiger partial charge in [-0.1, -0.05) is 0 Å². The van der Waals surface area contributed by atoms with Crippen LogP contribution in [0.4, 0.5) is 24.7 Å². The molecule has 2 aromatic carbocycles. The lowest BCUT2D eigenvalue weighted by Crippen LogP contribution is -2.31. The maximum Gasteiger partial charge on any atom is 0.534 e. The zero-order chi connectivity index (χ0) is 25.8. The predicted octanol–water partition coefficient (Wildman–Crippen LogP) is 4.78. The number of sulfone groups is 1. The van der Waals surface area contributed by atoms with Crippen molar-refractivity contribution in [3.8, 4) is 5.75 Å². The van der Waals surface area contributed by atoms with E-state index in [1.165, 1.54) is 32.1 Å². The Morgan fingerprint density at radius 3 is 2.31 bits per heavy atom. The maximum absolute atomic E-state index is 13.2.